The van der Waals surface area contributed by atoms with Gasteiger partial charge in [0.2, 0.25) is 58.3 Å². The Hall–Kier alpha value is 1.33. The molecule has 704 valence electrons. The van der Waals surface area contributed by atoms with Crippen LogP contribution in [0.3, 0.4) is 0 Å². The molecule has 5 heterocycles. The summed E-state index contributed by atoms with van der Waals surface area (Å²) in [4.78, 5) is 42.3. The zero-order valence-corrected chi connectivity index (χ0v) is 92.9. The topological polar surface area (TPSA) is 880 Å². The second kappa shape index (κ2) is 58.0. The van der Waals surface area contributed by atoms with Crippen LogP contribution >= 0.6 is 0 Å². The van der Waals surface area contributed by atoms with Crippen LogP contribution in [0.2, 0.25) is 0 Å². The Kier molecular flexibility index (Phi) is 58.6. The number of carbonyl (C=O) groups excluding carboxylic acids is 3. The van der Waals surface area contributed by atoms with Crippen molar-refractivity contribution in [1.82, 2.24) is 14.2 Å². The summed E-state index contributed by atoms with van der Waals surface area (Å²) < 4.78 is 409. The molecule has 0 aromatic heterocycles. The second-order valence-electron chi connectivity index (χ2n) is 25.9. The van der Waals surface area contributed by atoms with Crippen molar-refractivity contribution >= 4 is 101 Å². The van der Waals surface area contributed by atoms with E-state index >= 15 is 0 Å². The van der Waals surface area contributed by atoms with Crippen molar-refractivity contribution < 1.29 is 487 Å². The summed E-state index contributed by atoms with van der Waals surface area (Å²) in [6.07, 6.45) is -67.2. The normalized spacial score (nSPS) is 29.5. The number of esters is 3. The van der Waals surface area contributed by atoms with Gasteiger partial charge in [-0.1, -0.05) is 36.4 Å². The van der Waals surface area contributed by atoms with Crippen LogP contribution in [0, 0.1) is 0 Å². The summed E-state index contributed by atoms with van der Waals surface area (Å²) in [5, 5.41) is 81.5. The number of hydrogen-bond donors (Lipinski definition) is 10. The van der Waals surface area contributed by atoms with E-state index in [9.17, 15) is 154 Å². The summed E-state index contributed by atoms with van der Waals surface area (Å²) in [6, 6.07) is 6.83. The fraction of sp³-hybridized carbons (Fsp3) is 0.603. The van der Waals surface area contributed by atoms with Crippen molar-refractivity contribution in [3.63, 3.8) is 0 Å². The van der Waals surface area contributed by atoms with Gasteiger partial charge in [-0.2, -0.15) is 0 Å². The summed E-state index contributed by atoms with van der Waals surface area (Å²) in [5.41, 5.74) is 0.270. The van der Waals surface area contributed by atoms with Gasteiger partial charge in [0.05, 0.1) is 47.2 Å². The van der Waals surface area contributed by atoms with Crippen LogP contribution in [-0.4, -0.2) is 359 Å². The molecule has 25 atom stereocenters. The number of ether oxygens (including phenoxy) is 16. The van der Waals surface area contributed by atoms with E-state index in [1.54, 1.807) is 0 Å². The van der Waals surface area contributed by atoms with Crippen molar-refractivity contribution in [3.05, 3.63) is 101 Å². The first-order valence-electron chi connectivity index (χ1n) is 34.0. The molecule has 25 unspecified atom stereocenters. The molecule has 132 heavy (non-hydrogen) atoms. The molecule has 5 saturated heterocycles. The van der Waals surface area contributed by atoms with E-state index in [0.717, 1.165) is 4.72 Å². The number of hydrogen-bond acceptors (Lipinski definition) is 55. The van der Waals surface area contributed by atoms with Gasteiger partial charge in [-0.25, -0.2) is 95.9 Å². The van der Waals surface area contributed by atoms with E-state index in [4.69, 9.17) is 75.8 Å². The molecule has 74 heteroatoms. The largest absolute Gasteiger partial charge is 1.00 e. The summed E-state index contributed by atoms with van der Waals surface area (Å²) >= 11 is 0. The van der Waals surface area contributed by atoms with Crippen LogP contribution in [0.25, 0.3) is 0 Å². The molecular formula is C58H71N3Na8O55S8. The van der Waals surface area contributed by atoms with Gasteiger partial charge in [0.15, 0.2) is 80.5 Å². The van der Waals surface area contributed by atoms with E-state index < -0.39 is 306 Å². The van der Waals surface area contributed by atoms with Crippen molar-refractivity contribution in [2.45, 2.75) is 173 Å². The molecule has 58 nitrogen and oxygen atoms in total. The van der Waals surface area contributed by atoms with Crippen LogP contribution in [0.15, 0.2) is 84.6 Å². The molecule has 10 N–H and O–H groups in total. The first-order valence-corrected chi connectivity index (χ1v) is 44.9. The molecular weight excluding hydrogens is 2060 g/mol. The fourth-order valence-corrected chi connectivity index (χ4v) is 15.7. The van der Waals surface area contributed by atoms with Crippen LogP contribution in [-0.2, 0) is 200 Å². The zero-order valence-electron chi connectivity index (χ0n) is 70.4. The molecule has 0 spiro atoms. The quantitative estimate of drug-likeness (QED) is 0.00479. The predicted molar refractivity (Wildman–Crippen MR) is 369 cm³/mol. The van der Waals surface area contributed by atoms with Crippen LogP contribution in [0.1, 0.15) is 16.7 Å². The SMILES string of the molecule is COc1ccc(COC(=O)/C=C(\CO)OC2OC(COS(=O)(=O)[O-])C(OC3OC(C(=O)OCc4ccc(OC)cc4)C(OC4OC(COS(=O)(=O)[O-])C(OC5OC(C(=O)OCc6ccc(OC)cc6)C(OC6OC(COS(=O)(=O)[O-])C(O)C(O)C6NS(=O)(=O)[O-])C(O)C5OS(=O)(=O)[O-])C(O)C4NS(=O)(=O)[O-])C(O)C3OS(=O)(=O)[O-])C(O)C2NS(=O)(=O)[O-])cc1.[Na+].[Na+].[Na+].[Na+].[Na+].[Na+].[Na+].[Na+]. The number of nitrogens with one attached hydrogen (secondary N) is 3. The molecule has 5 fully saturated rings. The monoisotopic (exact) mass is 2130 g/mol. The Labute approximate surface area is 928 Å². The molecule has 5 aliphatic rings. The number of carbonyl (C=O) groups is 3. The summed E-state index contributed by atoms with van der Waals surface area (Å²) in [5.74, 6) is -5.71. The maximum absolute atomic E-state index is 14.8. The van der Waals surface area contributed by atoms with Gasteiger partial charge in [-0.3, -0.25) is 20.9 Å². The molecule has 0 radical (unpaired) electrons. The first kappa shape index (κ1) is 133. The minimum Gasteiger partial charge on any atom is -0.735 e. The molecule has 0 aliphatic carbocycles. The van der Waals surface area contributed by atoms with Crippen LogP contribution in [0.5, 0.6) is 17.2 Å². The predicted octanol–water partition coefficient (Wildman–Crippen LogP) is -36.1. The van der Waals surface area contributed by atoms with Crippen LogP contribution in [0.4, 0.5) is 0 Å². The van der Waals surface area contributed by atoms with E-state index in [1.165, 1.54) is 104 Å². The maximum Gasteiger partial charge on any atom is 1.00 e. The first-order chi connectivity index (χ1) is 57.4. The third-order valence-electron chi connectivity index (χ3n) is 17.5. The van der Waals surface area contributed by atoms with Gasteiger partial charge in [0.1, 0.15) is 147 Å². The standard InChI is InChI=1S/C58H79N3O55S8.8Na/c1-96-27-10-4-24(5-11-27)18-99-34(63)16-30(17-62)105-54-36(60-118(75,76)77)40(66)44(32(107-54)22-103-121(84,85)86)109-57-49(116-124(93,94)95)43(69)47(51(114-57)53(71)101-20-26-8-14-29(98-3)15-9-26)112-56-37(61-119(78,79)80)41(67)45(33(108-56)23-104-122(87,88)89)110-58-48(115-123(90,91)92)42(68)46(50(113-58)52(70)100-19-25-6-12-28(97-2)13-7-25)111-55-35(59-117(72,73)74)39(65)38(64)31(106-55)21-102-120(81,82)83;;;;;;;;/h4-16,31-33,35-51,54-62,64-69H,17-23H2,1-3H3,(H,72,73,74)(H,75,76,77)(H,78,79,80)(H,81,82,83)(H,84,85,86)(H,87,88,89)(H,90,91,92)(H,93,94,95);;;;;;;;/q;8*+1/p-8/b30-16+;;;;;;;;. The van der Waals surface area contributed by atoms with Crippen molar-refractivity contribution in [2.24, 2.45) is 0 Å². The summed E-state index contributed by atoms with van der Waals surface area (Å²) in [7, 11) is -45.9. The van der Waals surface area contributed by atoms with Gasteiger partial charge < -0.3 is 148 Å². The number of aliphatic hydroxyl groups is 7. The van der Waals surface area contributed by atoms with Crippen molar-refractivity contribution in [2.75, 3.05) is 47.8 Å². The van der Waals surface area contributed by atoms with E-state index in [2.05, 4.69) is 20.9 Å². The third-order valence-corrected chi connectivity index (χ3v) is 21.3. The third kappa shape index (κ3) is 42.4. The smallest absolute Gasteiger partial charge is 0.735 e. The Bertz CT molecular complexity index is 5160. The fourth-order valence-electron chi connectivity index (χ4n) is 12.1. The minimum atomic E-state index is -6.58. The minimum absolute atomic E-state index is 0. The Morgan fingerprint density at radius 1 is 0.356 bits per heavy atom. The molecule has 3 aromatic carbocycles. The van der Waals surface area contributed by atoms with Crippen molar-refractivity contribution in [3.8, 4) is 17.2 Å². The van der Waals surface area contributed by atoms with Crippen molar-refractivity contribution in [1.29, 1.82) is 0 Å². The van der Waals surface area contributed by atoms with E-state index in [-0.39, 0.29) is 259 Å². The van der Waals surface area contributed by atoms with Gasteiger partial charge in [-0.15, -0.1) is 0 Å². The molecule has 0 amide bonds. The van der Waals surface area contributed by atoms with Gasteiger partial charge in [-0.05, 0) is 53.1 Å². The Morgan fingerprint density at radius 2 is 0.644 bits per heavy atom. The van der Waals surface area contributed by atoms with Gasteiger partial charge in [0, 0.05) is 0 Å². The van der Waals surface area contributed by atoms with Gasteiger partial charge in [0.25, 0.3) is 0 Å². The maximum atomic E-state index is 14.8. The molecule has 0 bridgehead atoms. The second-order valence-corrected chi connectivity index (χ2v) is 34.5. The molecule has 3 aromatic rings. The Balaban J connectivity index is 0.0000215. The summed E-state index contributed by atoms with van der Waals surface area (Å²) in [6.45, 7) is -9.46. The molecule has 5 aliphatic heterocycles. The van der Waals surface area contributed by atoms with Gasteiger partial charge >= 0.3 is 254 Å². The number of aliphatic hydroxyl groups excluding tert-OH is 7. The van der Waals surface area contributed by atoms with E-state index in [1.807, 2.05) is 0 Å². The molecule has 8 rings (SSSR count). The zero-order chi connectivity index (χ0) is 92.3. The number of rotatable bonds is 42. The average Bonchev–Trinajstić information content (AvgIpc) is 0.753. The Morgan fingerprint density at radius 3 is 0.947 bits per heavy atom. The average molecular weight is 2130 g/mol. The molecule has 0 saturated carbocycles. The number of methoxy groups -OCH3 is 3. The van der Waals surface area contributed by atoms with Crippen LogP contribution < -0.4 is 265 Å². The van der Waals surface area contributed by atoms with E-state index in [0.29, 0.717) is 17.4 Å². The number of benzene rings is 3.